The van der Waals surface area contributed by atoms with Crippen LogP contribution in [0.25, 0.3) is 0 Å². The SMILES string of the molecule is CN(C)CCNCc1cnccn1. The van der Waals surface area contributed by atoms with E-state index in [1.165, 1.54) is 0 Å². The lowest BCUT2D eigenvalue weighted by Gasteiger charge is -2.09. The van der Waals surface area contributed by atoms with Crippen LogP contribution in [0.3, 0.4) is 0 Å². The molecule has 1 heterocycles. The Balaban J connectivity index is 2.13. The van der Waals surface area contributed by atoms with Crippen molar-refractivity contribution in [3.63, 3.8) is 0 Å². The van der Waals surface area contributed by atoms with Crippen LogP contribution >= 0.6 is 0 Å². The highest BCUT2D eigenvalue weighted by Crippen LogP contribution is 1.87. The minimum Gasteiger partial charge on any atom is -0.310 e. The number of hydrogen-bond acceptors (Lipinski definition) is 4. The lowest BCUT2D eigenvalue weighted by Crippen LogP contribution is -2.26. The molecule has 4 heteroatoms. The molecule has 0 unspecified atom stereocenters. The van der Waals surface area contributed by atoms with Crippen LogP contribution in [-0.4, -0.2) is 42.1 Å². The first-order chi connectivity index (χ1) is 6.29. The summed E-state index contributed by atoms with van der Waals surface area (Å²) in [5.74, 6) is 0. The van der Waals surface area contributed by atoms with E-state index in [0.717, 1.165) is 25.3 Å². The van der Waals surface area contributed by atoms with Gasteiger partial charge in [-0.1, -0.05) is 0 Å². The number of rotatable bonds is 5. The van der Waals surface area contributed by atoms with Gasteiger partial charge in [0.25, 0.3) is 0 Å². The molecule has 1 N–H and O–H groups in total. The van der Waals surface area contributed by atoms with Gasteiger partial charge < -0.3 is 10.2 Å². The molecule has 1 aromatic heterocycles. The maximum atomic E-state index is 4.16. The summed E-state index contributed by atoms with van der Waals surface area (Å²) >= 11 is 0. The summed E-state index contributed by atoms with van der Waals surface area (Å²) in [6, 6.07) is 0. The van der Waals surface area contributed by atoms with Crippen LogP contribution in [0.4, 0.5) is 0 Å². The highest BCUT2D eigenvalue weighted by Gasteiger charge is 1.93. The molecule has 4 nitrogen and oxygen atoms in total. The van der Waals surface area contributed by atoms with Crippen LogP contribution in [0.15, 0.2) is 18.6 Å². The van der Waals surface area contributed by atoms with Crippen molar-refractivity contribution >= 4 is 0 Å². The summed E-state index contributed by atoms with van der Waals surface area (Å²) in [6.45, 7) is 2.81. The first kappa shape index (κ1) is 10.1. The highest BCUT2D eigenvalue weighted by molar-refractivity contribution is 4.93. The molecular weight excluding hydrogens is 164 g/mol. The second-order valence-corrected chi connectivity index (χ2v) is 3.18. The molecule has 72 valence electrons. The zero-order valence-electron chi connectivity index (χ0n) is 8.20. The van der Waals surface area contributed by atoms with Gasteiger partial charge in [0.2, 0.25) is 0 Å². The maximum absolute atomic E-state index is 4.16. The van der Waals surface area contributed by atoms with E-state index in [-0.39, 0.29) is 0 Å². The smallest absolute Gasteiger partial charge is 0.0724 e. The number of aromatic nitrogens is 2. The second-order valence-electron chi connectivity index (χ2n) is 3.18. The molecule has 0 aliphatic carbocycles. The third-order valence-electron chi connectivity index (χ3n) is 1.66. The van der Waals surface area contributed by atoms with Crippen LogP contribution < -0.4 is 5.32 Å². The van der Waals surface area contributed by atoms with E-state index in [2.05, 4.69) is 34.3 Å². The van der Waals surface area contributed by atoms with Gasteiger partial charge in [0, 0.05) is 38.2 Å². The molecular formula is C9H16N4. The standard InChI is InChI=1S/C9H16N4/c1-13(2)6-5-11-8-9-7-10-3-4-12-9/h3-4,7,11H,5-6,8H2,1-2H3. The van der Waals surface area contributed by atoms with Crippen molar-refractivity contribution in [1.29, 1.82) is 0 Å². The van der Waals surface area contributed by atoms with Crippen molar-refractivity contribution in [2.45, 2.75) is 6.54 Å². The molecule has 0 bridgehead atoms. The zero-order chi connectivity index (χ0) is 9.52. The van der Waals surface area contributed by atoms with Crippen LogP contribution in [0.5, 0.6) is 0 Å². The fourth-order valence-electron chi connectivity index (χ4n) is 0.940. The van der Waals surface area contributed by atoms with Gasteiger partial charge in [0.1, 0.15) is 0 Å². The number of likely N-dealkylation sites (N-methyl/N-ethyl adjacent to an activating group) is 1. The summed E-state index contributed by atoms with van der Waals surface area (Å²) in [5, 5.41) is 3.29. The molecule has 0 amide bonds. The summed E-state index contributed by atoms with van der Waals surface area (Å²) in [4.78, 5) is 10.3. The largest absolute Gasteiger partial charge is 0.310 e. The fourth-order valence-corrected chi connectivity index (χ4v) is 0.940. The average Bonchev–Trinajstić information content (AvgIpc) is 2.14. The van der Waals surface area contributed by atoms with Crippen molar-refractivity contribution in [2.75, 3.05) is 27.2 Å². The van der Waals surface area contributed by atoms with E-state index >= 15 is 0 Å². The summed E-state index contributed by atoms with van der Waals surface area (Å²) in [6.07, 6.45) is 5.18. The molecule has 0 spiro atoms. The van der Waals surface area contributed by atoms with Crippen LogP contribution in [0, 0.1) is 0 Å². The minimum atomic E-state index is 0.793. The van der Waals surface area contributed by atoms with Gasteiger partial charge in [-0.05, 0) is 14.1 Å². The van der Waals surface area contributed by atoms with Crippen molar-refractivity contribution in [2.24, 2.45) is 0 Å². The molecule has 1 rings (SSSR count). The summed E-state index contributed by atoms with van der Waals surface area (Å²) in [7, 11) is 4.12. The highest BCUT2D eigenvalue weighted by atomic mass is 15.1. The molecule has 0 aliphatic heterocycles. The molecule has 0 saturated carbocycles. The molecule has 0 atom stereocenters. The molecule has 0 aliphatic rings. The van der Waals surface area contributed by atoms with E-state index in [4.69, 9.17) is 0 Å². The third-order valence-corrected chi connectivity index (χ3v) is 1.66. The van der Waals surface area contributed by atoms with Crippen molar-refractivity contribution in [1.82, 2.24) is 20.2 Å². The first-order valence-corrected chi connectivity index (χ1v) is 4.39. The summed E-state index contributed by atoms with van der Waals surface area (Å²) < 4.78 is 0. The number of nitrogens with zero attached hydrogens (tertiary/aromatic N) is 3. The molecule has 0 saturated heterocycles. The van der Waals surface area contributed by atoms with E-state index < -0.39 is 0 Å². The summed E-state index contributed by atoms with van der Waals surface area (Å²) in [5.41, 5.74) is 0.987. The third kappa shape index (κ3) is 4.55. The molecule has 1 aromatic rings. The molecule has 0 fully saturated rings. The van der Waals surface area contributed by atoms with Gasteiger partial charge in [0.05, 0.1) is 5.69 Å². The van der Waals surface area contributed by atoms with E-state index in [0.29, 0.717) is 0 Å². The Morgan fingerprint density at radius 2 is 2.23 bits per heavy atom. The van der Waals surface area contributed by atoms with Crippen LogP contribution in [0.2, 0.25) is 0 Å². The van der Waals surface area contributed by atoms with Crippen molar-refractivity contribution < 1.29 is 0 Å². The predicted molar refractivity (Wildman–Crippen MR) is 52.3 cm³/mol. The topological polar surface area (TPSA) is 41.0 Å². The minimum absolute atomic E-state index is 0.793. The van der Waals surface area contributed by atoms with E-state index in [1.807, 2.05) is 0 Å². The van der Waals surface area contributed by atoms with Gasteiger partial charge in [-0.15, -0.1) is 0 Å². The Morgan fingerprint density at radius 1 is 1.38 bits per heavy atom. The number of hydrogen-bond donors (Lipinski definition) is 1. The lowest BCUT2D eigenvalue weighted by molar-refractivity contribution is 0.399. The Kier molecular flexibility index (Phi) is 4.35. The Morgan fingerprint density at radius 3 is 2.85 bits per heavy atom. The van der Waals surface area contributed by atoms with Crippen molar-refractivity contribution in [3.8, 4) is 0 Å². The Hall–Kier alpha value is -1.00. The normalized spacial score (nSPS) is 10.7. The monoisotopic (exact) mass is 180 g/mol. The predicted octanol–water partition coefficient (Wildman–Crippen LogP) is 0.128. The van der Waals surface area contributed by atoms with E-state index in [1.54, 1.807) is 18.6 Å². The Labute approximate surface area is 79.0 Å². The maximum Gasteiger partial charge on any atom is 0.0724 e. The molecule has 13 heavy (non-hydrogen) atoms. The van der Waals surface area contributed by atoms with Gasteiger partial charge in [0.15, 0.2) is 0 Å². The molecule has 0 radical (unpaired) electrons. The van der Waals surface area contributed by atoms with Gasteiger partial charge >= 0.3 is 0 Å². The van der Waals surface area contributed by atoms with Gasteiger partial charge in [-0.25, -0.2) is 0 Å². The average molecular weight is 180 g/mol. The number of nitrogens with one attached hydrogen (secondary N) is 1. The Bertz CT molecular complexity index is 222. The van der Waals surface area contributed by atoms with Crippen LogP contribution in [0.1, 0.15) is 5.69 Å². The van der Waals surface area contributed by atoms with E-state index in [9.17, 15) is 0 Å². The quantitative estimate of drug-likeness (QED) is 0.654. The molecule has 0 aromatic carbocycles. The zero-order valence-corrected chi connectivity index (χ0v) is 8.20. The second kappa shape index (κ2) is 5.61. The lowest BCUT2D eigenvalue weighted by atomic mass is 10.4. The first-order valence-electron chi connectivity index (χ1n) is 4.39. The van der Waals surface area contributed by atoms with Gasteiger partial charge in [-0.3, -0.25) is 9.97 Å². The van der Waals surface area contributed by atoms with Crippen molar-refractivity contribution in [3.05, 3.63) is 24.3 Å². The van der Waals surface area contributed by atoms with Gasteiger partial charge in [-0.2, -0.15) is 0 Å². The van der Waals surface area contributed by atoms with Crippen LogP contribution in [-0.2, 0) is 6.54 Å². The fraction of sp³-hybridized carbons (Fsp3) is 0.556.